The van der Waals surface area contributed by atoms with E-state index >= 15 is 0 Å². The first-order valence-electron chi connectivity index (χ1n) is 8.96. The summed E-state index contributed by atoms with van der Waals surface area (Å²) >= 11 is 0. The number of benzene rings is 1. The lowest BCUT2D eigenvalue weighted by Gasteiger charge is -2.18. The molecule has 0 radical (unpaired) electrons. The van der Waals surface area contributed by atoms with Crippen molar-refractivity contribution in [3.05, 3.63) is 23.8 Å². The fourth-order valence-corrected chi connectivity index (χ4v) is 3.53. The molecule has 1 rings (SSSR count). The second-order valence-corrected chi connectivity index (χ2v) is 7.96. The molecule has 1 aromatic rings. The number of rotatable bonds is 11. The molecule has 2 N–H and O–H groups in total. The van der Waals surface area contributed by atoms with Crippen molar-refractivity contribution in [3.8, 4) is 11.5 Å². The molecule has 154 valence electrons. The molecule has 27 heavy (non-hydrogen) atoms. The van der Waals surface area contributed by atoms with Gasteiger partial charge in [-0.3, -0.25) is 4.99 Å². The second-order valence-electron chi connectivity index (χ2n) is 5.97. The van der Waals surface area contributed by atoms with Gasteiger partial charge in [0.05, 0.1) is 20.5 Å². The smallest absolute Gasteiger partial charge is 0.211 e. The number of hydrogen-bond acceptors (Lipinski definition) is 5. The van der Waals surface area contributed by atoms with Crippen LogP contribution in [0.2, 0.25) is 0 Å². The molecular formula is C18H32N4O4S. The predicted octanol–water partition coefficient (Wildman–Crippen LogP) is 1.08. The first-order chi connectivity index (χ1) is 12.8. The molecule has 0 spiro atoms. The molecule has 0 unspecified atom stereocenters. The Labute approximate surface area is 163 Å². The topological polar surface area (TPSA) is 92.3 Å². The Balaban J connectivity index is 2.38. The molecule has 0 heterocycles. The molecule has 0 fully saturated rings. The van der Waals surface area contributed by atoms with Gasteiger partial charge < -0.3 is 20.1 Å². The largest absolute Gasteiger partial charge is 0.493 e. The zero-order valence-corrected chi connectivity index (χ0v) is 17.7. The van der Waals surface area contributed by atoms with Gasteiger partial charge in [0.25, 0.3) is 0 Å². The lowest BCUT2D eigenvalue weighted by molar-refractivity contribution is 0.354. The van der Waals surface area contributed by atoms with Crippen LogP contribution >= 0.6 is 0 Å². The average molecular weight is 401 g/mol. The molecule has 0 aliphatic rings. The maximum Gasteiger partial charge on any atom is 0.211 e. The van der Waals surface area contributed by atoms with Crippen LogP contribution in [0.4, 0.5) is 0 Å². The van der Waals surface area contributed by atoms with E-state index in [1.807, 2.05) is 25.1 Å². The summed E-state index contributed by atoms with van der Waals surface area (Å²) in [5.41, 5.74) is 1.13. The van der Waals surface area contributed by atoms with Gasteiger partial charge in [0.2, 0.25) is 10.0 Å². The zero-order chi connectivity index (χ0) is 20.3. The van der Waals surface area contributed by atoms with Gasteiger partial charge in [-0.2, -0.15) is 0 Å². The minimum atomic E-state index is -3.14. The third kappa shape index (κ3) is 8.04. The van der Waals surface area contributed by atoms with Crippen LogP contribution in [-0.2, 0) is 16.4 Å². The molecule has 0 bridgehead atoms. The van der Waals surface area contributed by atoms with Crippen molar-refractivity contribution in [1.29, 1.82) is 0 Å². The molecule has 9 heteroatoms. The van der Waals surface area contributed by atoms with Crippen LogP contribution in [0.25, 0.3) is 0 Å². The first kappa shape index (κ1) is 23.0. The fourth-order valence-electron chi connectivity index (χ4n) is 2.60. The Morgan fingerprint density at radius 3 is 2.37 bits per heavy atom. The highest BCUT2D eigenvalue weighted by Gasteiger charge is 2.13. The quantitative estimate of drug-likeness (QED) is 0.328. The Bertz CT molecular complexity index is 707. The van der Waals surface area contributed by atoms with Crippen molar-refractivity contribution < 1.29 is 17.9 Å². The standard InChI is InChI=1S/C18H32N4O4S/c1-6-22(27(5,23)24)13-7-11-20-18(19-2)21-12-10-15-8-9-16(25-3)17(14-15)26-4/h8-9,14H,6-7,10-13H2,1-5H3,(H2,19,20,21). The normalized spacial score (nSPS) is 12.1. The molecule has 0 aliphatic heterocycles. The van der Waals surface area contributed by atoms with E-state index in [9.17, 15) is 8.42 Å². The van der Waals surface area contributed by atoms with Crippen molar-refractivity contribution in [3.63, 3.8) is 0 Å². The van der Waals surface area contributed by atoms with Gasteiger partial charge in [-0.15, -0.1) is 0 Å². The van der Waals surface area contributed by atoms with Crippen LogP contribution in [0, 0.1) is 0 Å². The fraction of sp³-hybridized carbons (Fsp3) is 0.611. The molecule has 0 aromatic heterocycles. The summed E-state index contributed by atoms with van der Waals surface area (Å²) in [4.78, 5) is 4.18. The van der Waals surface area contributed by atoms with E-state index in [4.69, 9.17) is 9.47 Å². The van der Waals surface area contributed by atoms with E-state index < -0.39 is 10.0 Å². The van der Waals surface area contributed by atoms with Crippen LogP contribution in [-0.4, -0.2) is 72.4 Å². The van der Waals surface area contributed by atoms with Crippen LogP contribution in [0.15, 0.2) is 23.2 Å². The summed E-state index contributed by atoms with van der Waals surface area (Å²) in [7, 11) is 1.81. The lowest BCUT2D eigenvalue weighted by Crippen LogP contribution is -2.40. The van der Waals surface area contributed by atoms with E-state index in [-0.39, 0.29) is 0 Å². The minimum absolute atomic E-state index is 0.483. The molecule has 0 saturated carbocycles. The van der Waals surface area contributed by atoms with Gasteiger partial charge in [0.15, 0.2) is 17.5 Å². The summed E-state index contributed by atoms with van der Waals surface area (Å²) in [5.74, 6) is 2.11. The van der Waals surface area contributed by atoms with Crippen molar-refractivity contribution >= 4 is 16.0 Å². The number of guanidine groups is 1. The Kier molecular flexibility index (Phi) is 9.95. The number of nitrogens with zero attached hydrogens (tertiary/aromatic N) is 2. The van der Waals surface area contributed by atoms with E-state index in [0.29, 0.717) is 50.1 Å². The summed E-state index contributed by atoms with van der Waals surface area (Å²) in [6.07, 6.45) is 2.74. The van der Waals surface area contributed by atoms with Crippen molar-refractivity contribution in [1.82, 2.24) is 14.9 Å². The third-order valence-corrected chi connectivity index (χ3v) is 5.45. The number of hydrogen-bond donors (Lipinski definition) is 2. The molecular weight excluding hydrogens is 368 g/mol. The van der Waals surface area contributed by atoms with Gasteiger partial charge >= 0.3 is 0 Å². The molecule has 0 saturated heterocycles. The van der Waals surface area contributed by atoms with Gasteiger partial charge in [0, 0.05) is 33.2 Å². The Morgan fingerprint density at radius 2 is 1.81 bits per heavy atom. The van der Waals surface area contributed by atoms with Crippen LogP contribution in [0.1, 0.15) is 18.9 Å². The van der Waals surface area contributed by atoms with E-state index in [1.54, 1.807) is 21.3 Å². The first-order valence-corrected chi connectivity index (χ1v) is 10.8. The lowest BCUT2D eigenvalue weighted by atomic mass is 10.1. The van der Waals surface area contributed by atoms with Gasteiger partial charge in [0.1, 0.15) is 0 Å². The number of aliphatic imine (C=N–C) groups is 1. The Morgan fingerprint density at radius 1 is 1.15 bits per heavy atom. The maximum absolute atomic E-state index is 11.6. The summed E-state index contributed by atoms with van der Waals surface area (Å²) < 4.78 is 35.1. The average Bonchev–Trinajstić information content (AvgIpc) is 2.65. The van der Waals surface area contributed by atoms with Crippen LogP contribution in [0.3, 0.4) is 0 Å². The van der Waals surface area contributed by atoms with Gasteiger partial charge in [-0.1, -0.05) is 13.0 Å². The SMILES string of the molecule is CCN(CCCNC(=NC)NCCc1ccc(OC)c(OC)c1)S(C)(=O)=O. The molecule has 1 aromatic carbocycles. The highest BCUT2D eigenvalue weighted by atomic mass is 32.2. The molecule has 0 aliphatic carbocycles. The third-order valence-electron chi connectivity index (χ3n) is 4.08. The van der Waals surface area contributed by atoms with E-state index in [2.05, 4.69) is 15.6 Å². The maximum atomic E-state index is 11.6. The molecule has 0 amide bonds. The van der Waals surface area contributed by atoms with Gasteiger partial charge in [-0.25, -0.2) is 12.7 Å². The number of ether oxygens (including phenoxy) is 2. The van der Waals surface area contributed by atoms with Gasteiger partial charge in [-0.05, 0) is 30.5 Å². The van der Waals surface area contributed by atoms with Crippen molar-refractivity contribution in [2.75, 3.05) is 53.7 Å². The number of nitrogens with one attached hydrogen (secondary N) is 2. The van der Waals surface area contributed by atoms with Crippen LogP contribution in [0.5, 0.6) is 11.5 Å². The number of methoxy groups -OCH3 is 2. The molecule has 0 atom stereocenters. The highest BCUT2D eigenvalue weighted by molar-refractivity contribution is 7.88. The summed E-state index contributed by atoms with van der Waals surface area (Å²) in [6.45, 7) is 4.16. The predicted molar refractivity (Wildman–Crippen MR) is 109 cm³/mol. The second kappa shape index (κ2) is 11.7. The monoisotopic (exact) mass is 400 g/mol. The van der Waals surface area contributed by atoms with E-state index in [1.165, 1.54) is 10.6 Å². The van der Waals surface area contributed by atoms with Crippen LogP contribution < -0.4 is 20.1 Å². The summed E-state index contributed by atoms with van der Waals surface area (Å²) in [5, 5.41) is 6.45. The minimum Gasteiger partial charge on any atom is -0.493 e. The Hall–Kier alpha value is -2.00. The molecule has 8 nitrogen and oxygen atoms in total. The van der Waals surface area contributed by atoms with Crippen molar-refractivity contribution in [2.24, 2.45) is 4.99 Å². The summed E-state index contributed by atoms with van der Waals surface area (Å²) in [6, 6.07) is 5.85. The highest BCUT2D eigenvalue weighted by Crippen LogP contribution is 2.27. The van der Waals surface area contributed by atoms with Crippen molar-refractivity contribution in [2.45, 2.75) is 19.8 Å². The zero-order valence-electron chi connectivity index (χ0n) is 16.9. The number of sulfonamides is 1. The van der Waals surface area contributed by atoms with E-state index in [0.717, 1.165) is 12.0 Å².